The maximum Gasteiger partial charge on any atom is 0.222 e. The lowest BCUT2D eigenvalue weighted by Crippen LogP contribution is -2.46. The zero-order chi connectivity index (χ0) is 16.7. The van der Waals surface area contributed by atoms with E-state index in [0.717, 1.165) is 37.2 Å². The minimum Gasteiger partial charge on any atom is -0.496 e. The molecule has 1 aromatic carbocycles. The molecule has 0 saturated carbocycles. The predicted molar refractivity (Wildman–Crippen MR) is 89.4 cm³/mol. The lowest BCUT2D eigenvalue weighted by molar-refractivity contribution is -0.132. The van der Waals surface area contributed by atoms with Crippen molar-refractivity contribution in [3.05, 3.63) is 29.8 Å². The first kappa shape index (κ1) is 17.3. The predicted octanol–water partition coefficient (Wildman–Crippen LogP) is 2.14. The van der Waals surface area contributed by atoms with Gasteiger partial charge in [0.25, 0.3) is 0 Å². The summed E-state index contributed by atoms with van der Waals surface area (Å²) in [6, 6.07) is 7.96. The van der Waals surface area contributed by atoms with Gasteiger partial charge in [-0.3, -0.25) is 9.59 Å². The van der Waals surface area contributed by atoms with Crippen molar-refractivity contribution in [3.8, 4) is 5.75 Å². The smallest absolute Gasteiger partial charge is 0.222 e. The molecule has 1 heterocycles. The number of rotatable bonds is 6. The molecule has 0 radical (unpaired) electrons. The number of ether oxygens (including phenoxy) is 1. The molecule has 0 aromatic heterocycles. The summed E-state index contributed by atoms with van der Waals surface area (Å²) in [4.78, 5) is 25.7. The van der Waals surface area contributed by atoms with E-state index < -0.39 is 0 Å². The number of methoxy groups -OCH3 is 1. The molecule has 1 saturated heterocycles. The fourth-order valence-corrected chi connectivity index (χ4v) is 2.95. The van der Waals surface area contributed by atoms with Crippen LogP contribution in [0.3, 0.4) is 0 Å². The van der Waals surface area contributed by atoms with Gasteiger partial charge in [-0.05, 0) is 30.9 Å². The lowest BCUT2D eigenvalue weighted by atomic mass is 10.0. The van der Waals surface area contributed by atoms with Crippen molar-refractivity contribution < 1.29 is 14.3 Å². The number of hydrogen-bond acceptors (Lipinski definition) is 3. The van der Waals surface area contributed by atoms with Crippen LogP contribution in [0, 0.1) is 0 Å². The fraction of sp³-hybridized carbons (Fsp3) is 0.556. The van der Waals surface area contributed by atoms with Crippen LogP contribution in [0.1, 0.15) is 38.2 Å². The molecule has 0 bridgehead atoms. The highest BCUT2D eigenvalue weighted by Crippen LogP contribution is 2.19. The van der Waals surface area contributed by atoms with Gasteiger partial charge >= 0.3 is 0 Å². The highest BCUT2D eigenvalue weighted by molar-refractivity contribution is 5.77. The van der Waals surface area contributed by atoms with Crippen LogP contribution >= 0.6 is 0 Å². The number of hydrogen-bond donors (Lipinski definition) is 1. The standard InChI is InChI=1S/C18H26N2O3/c1-3-18(22)20-12-10-15(11-13-20)19-17(21)9-8-14-6-4-5-7-16(14)23-2/h4-7,15H,3,8-13H2,1-2H3,(H,19,21). The summed E-state index contributed by atoms with van der Waals surface area (Å²) in [5.74, 6) is 1.09. The third-order valence-electron chi connectivity index (χ3n) is 4.33. The first-order chi connectivity index (χ1) is 11.1. The summed E-state index contributed by atoms with van der Waals surface area (Å²) in [7, 11) is 1.64. The van der Waals surface area contributed by atoms with E-state index in [0.29, 0.717) is 19.3 Å². The molecule has 0 unspecified atom stereocenters. The Labute approximate surface area is 138 Å². The summed E-state index contributed by atoms with van der Waals surface area (Å²) in [5, 5.41) is 3.09. The Bertz CT molecular complexity index is 537. The number of carbonyl (C=O) groups is 2. The highest BCUT2D eigenvalue weighted by atomic mass is 16.5. The van der Waals surface area contributed by atoms with Crippen LogP contribution in [-0.4, -0.2) is 43.0 Å². The van der Waals surface area contributed by atoms with Gasteiger partial charge < -0.3 is 15.0 Å². The zero-order valence-electron chi connectivity index (χ0n) is 14.0. The number of amides is 2. The second-order valence-corrected chi connectivity index (χ2v) is 5.89. The van der Waals surface area contributed by atoms with Crippen molar-refractivity contribution in [3.63, 3.8) is 0 Å². The van der Waals surface area contributed by atoms with Gasteiger partial charge in [0, 0.05) is 32.0 Å². The van der Waals surface area contributed by atoms with Gasteiger partial charge in [-0.2, -0.15) is 0 Å². The normalized spacial score (nSPS) is 15.3. The number of nitrogens with zero attached hydrogens (tertiary/aromatic N) is 1. The van der Waals surface area contributed by atoms with Crippen molar-refractivity contribution >= 4 is 11.8 Å². The average Bonchev–Trinajstić information content (AvgIpc) is 2.60. The number of carbonyl (C=O) groups excluding carboxylic acids is 2. The first-order valence-corrected chi connectivity index (χ1v) is 8.33. The third-order valence-corrected chi connectivity index (χ3v) is 4.33. The average molecular weight is 318 g/mol. The summed E-state index contributed by atoms with van der Waals surface area (Å²) in [6.07, 6.45) is 3.35. The topological polar surface area (TPSA) is 58.6 Å². The van der Waals surface area contributed by atoms with Gasteiger partial charge in [-0.1, -0.05) is 25.1 Å². The molecule has 126 valence electrons. The van der Waals surface area contributed by atoms with E-state index in [9.17, 15) is 9.59 Å². The Morgan fingerprint density at radius 1 is 1.26 bits per heavy atom. The lowest BCUT2D eigenvalue weighted by Gasteiger charge is -2.32. The van der Waals surface area contributed by atoms with E-state index in [-0.39, 0.29) is 17.9 Å². The molecule has 5 heteroatoms. The maximum atomic E-state index is 12.1. The third kappa shape index (κ3) is 4.98. The molecule has 1 aromatic rings. The Kier molecular flexibility index (Phi) is 6.44. The van der Waals surface area contributed by atoms with Crippen LogP contribution in [0.4, 0.5) is 0 Å². The first-order valence-electron chi connectivity index (χ1n) is 8.33. The molecule has 0 aliphatic carbocycles. The van der Waals surface area contributed by atoms with Crippen LogP contribution in [-0.2, 0) is 16.0 Å². The van der Waals surface area contributed by atoms with E-state index in [1.807, 2.05) is 36.1 Å². The molecular weight excluding hydrogens is 292 g/mol. The minimum absolute atomic E-state index is 0.0659. The van der Waals surface area contributed by atoms with Gasteiger partial charge in [-0.15, -0.1) is 0 Å². The molecule has 2 rings (SSSR count). The molecule has 23 heavy (non-hydrogen) atoms. The second kappa shape index (κ2) is 8.56. The molecule has 5 nitrogen and oxygen atoms in total. The van der Waals surface area contributed by atoms with Crippen LogP contribution in [0.5, 0.6) is 5.75 Å². The molecule has 0 spiro atoms. The molecule has 1 fully saturated rings. The van der Waals surface area contributed by atoms with Crippen LogP contribution in [0.2, 0.25) is 0 Å². The summed E-state index contributed by atoms with van der Waals surface area (Å²) in [5.41, 5.74) is 1.05. The minimum atomic E-state index is 0.0659. The maximum absolute atomic E-state index is 12.1. The number of benzene rings is 1. The quantitative estimate of drug-likeness (QED) is 0.874. The monoisotopic (exact) mass is 318 g/mol. The van der Waals surface area contributed by atoms with Gasteiger partial charge in [0.1, 0.15) is 5.75 Å². The van der Waals surface area contributed by atoms with E-state index >= 15 is 0 Å². The van der Waals surface area contributed by atoms with Gasteiger partial charge in [0.2, 0.25) is 11.8 Å². The highest BCUT2D eigenvalue weighted by Gasteiger charge is 2.22. The summed E-state index contributed by atoms with van der Waals surface area (Å²) >= 11 is 0. The molecule has 1 N–H and O–H groups in total. The molecule has 2 amide bonds. The molecular formula is C18H26N2O3. The fourth-order valence-electron chi connectivity index (χ4n) is 2.95. The van der Waals surface area contributed by atoms with E-state index in [4.69, 9.17) is 4.74 Å². The van der Waals surface area contributed by atoms with E-state index in [1.54, 1.807) is 7.11 Å². The Balaban J connectivity index is 1.74. The van der Waals surface area contributed by atoms with Crippen molar-refractivity contribution in [2.24, 2.45) is 0 Å². The summed E-state index contributed by atoms with van der Waals surface area (Å²) in [6.45, 7) is 3.36. The molecule has 1 aliphatic rings. The van der Waals surface area contributed by atoms with Crippen molar-refractivity contribution in [1.29, 1.82) is 0 Å². The van der Waals surface area contributed by atoms with Crippen LogP contribution < -0.4 is 10.1 Å². The van der Waals surface area contributed by atoms with E-state index in [1.165, 1.54) is 0 Å². The van der Waals surface area contributed by atoms with Gasteiger partial charge in [-0.25, -0.2) is 0 Å². The van der Waals surface area contributed by atoms with Gasteiger partial charge in [0.05, 0.1) is 7.11 Å². The Morgan fingerprint density at radius 2 is 1.96 bits per heavy atom. The van der Waals surface area contributed by atoms with Crippen molar-refractivity contribution in [1.82, 2.24) is 10.2 Å². The number of piperidine rings is 1. The number of para-hydroxylation sites is 1. The molecule has 0 atom stereocenters. The number of nitrogens with one attached hydrogen (secondary N) is 1. The van der Waals surface area contributed by atoms with Crippen LogP contribution in [0.15, 0.2) is 24.3 Å². The van der Waals surface area contributed by atoms with Crippen molar-refractivity contribution in [2.45, 2.75) is 45.1 Å². The largest absolute Gasteiger partial charge is 0.496 e. The zero-order valence-corrected chi connectivity index (χ0v) is 14.0. The SMILES string of the molecule is CCC(=O)N1CCC(NC(=O)CCc2ccccc2OC)CC1. The number of likely N-dealkylation sites (tertiary alicyclic amines) is 1. The Hall–Kier alpha value is -2.04. The van der Waals surface area contributed by atoms with E-state index in [2.05, 4.69) is 5.32 Å². The van der Waals surface area contributed by atoms with Gasteiger partial charge in [0.15, 0.2) is 0 Å². The number of aryl methyl sites for hydroxylation is 1. The van der Waals surface area contributed by atoms with Crippen LogP contribution in [0.25, 0.3) is 0 Å². The summed E-state index contributed by atoms with van der Waals surface area (Å²) < 4.78 is 5.30. The van der Waals surface area contributed by atoms with Crippen molar-refractivity contribution in [2.75, 3.05) is 20.2 Å². The Morgan fingerprint density at radius 3 is 2.61 bits per heavy atom. The second-order valence-electron chi connectivity index (χ2n) is 5.89. The molecule has 1 aliphatic heterocycles.